The highest BCUT2D eigenvalue weighted by molar-refractivity contribution is 6.21. The summed E-state index contributed by atoms with van der Waals surface area (Å²) in [5, 5.41) is 3.23. The van der Waals surface area contributed by atoms with Crippen LogP contribution in [0.4, 0.5) is 0 Å². The third-order valence-electron chi connectivity index (χ3n) is 3.20. The van der Waals surface area contributed by atoms with Crippen LogP contribution in [0.1, 0.15) is 44.9 Å². The third kappa shape index (κ3) is 2.88. The Labute approximate surface area is 90.4 Å². The average molecular weight is 216 g/mol. The van der Waals surface area contributed by atoms with Gasteiger partial charge in [0.05, 0.1) is 5.38 Å². The van der Waals surface area contributed by atoms with E-state index in [-0.39, 0.29) is 17.3 Å². The topological polar surface area (TPSA) is 29.1 Å². The summed E-state index contributed by atoms with van der Waals surface area (Å²) in [5.41, 5.74) is 0. The summed E-state index contributed by atoms with van der Waals surface area (Å²) in [6.45, 7) is 0. The van der Waals surface area contributed by atoms with E-state index >= 15 is 0 Å². The van der Waals surface area contributed by atoms with Crippen molar-refractivity contribution in [1.29, 1.82) is 0 Å². The number of carbonyl (C=O) groups excluding carboxylic acids is 1. The van der Waals surface area contributed by atoms with E-state index in [1.807, 2.05) is 0 Å². The molecule has 2 aliphatic rings. The molecular weight excluding hydrogens is 198 g/mol. The molecule has 2 atom stereocenters. The van der Waals surface area contributed by atoms with Crippen molar-refractivity contribution >= 4 is 17.5 Å². The monoisotopic (exact) mass is 215 g/mol. The van der Waals surface area contributed by atoms with Gasteiger partial charge in [-0.25, -0.2) is 0 Å². The van der Waals surface area contributed by atoms with Crippen LogP contribution in [0.5, 0.6) is 0 Å². The van der Waals surface area contributed by atoms with Gasteiger partial charge < -0.3 is 5.32 Å². The summed E-state index contributed by atoms with van der Waals surface area (Å²) >= 11 is 6.16. The molecule has 0 aromatic carbocycles. The highest BCUT2D eigenvalue weighted by atomic mass is 35.5. The van der Waals surface area contributed by atoms with Crippen molar-refractivity contribution in [2.45, 2.75) is 56.4 Å². The molecule has 2 fully saturated rings. The molecule has 2 unspecified atom stereocenters. The second kappa shape index (κ2) is 4.52. The van der Waals surface area contributed by atoms with E-state index in [0.29, 0.717) is 5.92 Å². The molecule has 0 aliphatic heterocycles. The van der Waals surface area contributed by atoms with Crippen LogP contribution in [0.3, 0.4) is 0 Å². The Morgan fingerprint density at radius 2 is 1.93 bits per heavy atom. The van der Waals surface area contributed by atoms with Crippen molar-refractivity contribution in [3.8, 4) is 0 Å². The summed E-state index contributed by atoms with van der Waals surface area (Å²) < 4.78 is 0. The normalized spacial score (nSPS) is 32.6. The lowest BCUT2D eigenvalue weighted by molar-refractivity contribution is -0.122. The summed E-state index contributed by atoms with van der Waals surface area (Å²) in [4.78, 5) is 11.5. The van der Waals surface area contributed by atoms with Gasteiger partial charge in [-0.2, -0.15) is 0 Å². The smallest absolute Gasteiger partial charge is 0.220 e. The van der Waals surface area contributed by atoms with Gasteiger partial charge in [-0.05, 0) is 31.6 Å². The maximum Gasteiger partial charge on any atom is 0.220 e. The quantitative estimate of drug-likeness (QED) is 0.720. The minimum absolute atomic E-state index is 0.159. The number of nitrogens with one attached hydrogen (secondary N) is 1. The highest BCUT2D eigenvalue weighted by Crippen LogP contribution is 2.32. The maximum atomic E-state index is 11.5. The maximum absolute atomic E-state index is 11.5. The second-order valence-electron chi connectivity index (χ2n) is 4.62. The Balaban J connectivity index is 1.73. The molecule has 0 radical (unpaired) electrons. The van der Waals surface area contributed by atoms with E-state index < -0.39 is 0 Å². The summed E-state index contributed by atoms with van der Waals surface area (Å²) in [6, 6.07) is 0.233. The van der Waals surface area contributed by atoms with Gasteiger partial charge in [0.1, 0.15) is 0 Å². The van der Waals surface area contributed by atoms with Crippen LogP contribution in [-0.4, -0.2) is 17.3 Å². The first-order valence-electron chi connectivity index (χ1n) is 5.69. The van der Waals surface area contributed by atoms with E-state index in [0.717, 1.165) is 19.3 Å². The molecule has 0 heterocycles. The summed E-state index contributed by atoms with van der Waals surface area (Å²) in [6.07, 6.45) is 7.73. The standard InChI is InChI=1S/C11H18ClNO/c12-9-3-1-2-4-10(9)13-11(14)7-8-5-6-8/h8-10H,1-7H2,(H,13,14). The van der Waals surface area contributed by atoms with Crippen LogP contribution in [0.25, 0.3) is 0 Å². The number of hydrogen-bond donors (Lipinski definition) is 1. The number of amides is 1. The zero-order valence-corrected chi connectivity index (χ0v) is 9.22. The van der Waals surface area contributed by atoms with Gasteiger partial charge in [0.25, 0.3) is 0 Å². The lowest BCUT2D eigenvalue weighted by Gasteiger charge is -2.27. The van der Waals surface area contributed by atoms with Crippen molar-refractivity contribution in [2.75, 3.05) is 0 Å². The molecule has 3 heteroatoms. The zero-order valence-electron chi connectivity index (χ0n) is 8.47. The third-order valence-corrected chi connectivity index (χ3v) is 3.72. The van der Waals surface area contributed by atoms with E-state index in [2.05, 4.69) is 5.32 Å². The molecule has 2 saturated carbocycles. The van der Waals surface area contributed by atoms with Crippen molar-refractivity contribution < 1.29 is 4.79 Å². The number of hydrogen-bond acceptors (Lipinski definition) is 1. The van der Waals surface area contributed by atoms with Crippen molar-refractivity contribution in [2.24, 2.45) is 5.92 Å². The Kier molecular flexibility index (Phi) is 3.32. The predicted molar refractivity (Wildman–Crippen MR) is 57.4 cm³/mol. The number of alkyl halides is 1. The first kappa shape index (κ1) is 10.3. The molecule has 0 bridgehead atoms. The molecule has 0 aromatic heterocycles. The molecule has 2 aliphatic carbocycles. The predicted octanol–water partition coefficient (Wildman–Crippen LogP) is 2.45. The Morgan fingerprint density at radius 3 is 2.57 bits per heavy atom. The largest absolute Gasteiger partial charge is 0.352 e. The van der Waals surface area contributed by atoms with Crippen LogP contribution in [0.15, 0.2) is 0 Å². The molecule has 0 saturated heterocycles. The molecule has 14 heavy (non-hydrogen) atoms. The molecule has 0 spiro atoms. The Morgan fingerprint density at radius 1 is 1.21 bits per heavy atom. The van der Waals surface area contributed by atoms with Crippen molar-refractivity contribution in [3.05, 3.63) is 0 Å². The van der Waals surface area contributed by atoms with Gasteiger partial charge in [0, 0.05) is 12.5 Å². The fourth-order valence-corrected chi connectivity index (χ4v) is 2.44. The SMILES string of the molecule is O=C(CC1CC1)NC1CCCCC1Cl. The fourth-order valence-electron chi connectivity index (χ4n) is 2.10. The molecule has 80 valence electrons. The van der Waals surface area contributed by atoms with Crippen LogP contribution in [0.2, 0.25) is 0 Å². The van der Waals surface area contributed by atoms with E-state index in [4.69, 9.17) is 11.6 Å². The van der Waals surface area contributed by atoms with Gasteiger partial charge in [-0.1, -0.05) is 12.8 Å². The van der Waals surface area contributed by atoms with Gasteiger partial charge in [0.2, 0.25) is 5.91 Å². The van der Waals surface area contributed by atoms with Gasteiger partial charge in [-0.15, -0.1) is 11.6 Å². The van der Waals surface area contributed by atoms with Crippen LogP contribution < -0.4 is 5.32 Å². The van der Waals surface area contributed by atoms with E-state index in [1.165, 1.54) is 25.7 Å². The molecule has 1 N–H and O–H groups in total. The first-order chi connectivity index (χ1) is 6.75. The average Bonchev–Trinajstić information content (AvgIpc) is 2.93. The number of carbonyl (C=O) groups is 1. The summed E-state index contributed by atoms with van der Waals surface area (Å²) in [5.74, 6) is 0.886. The second-order valence-corrected chi connectivity index (χ2v) is 5.18. The van der Waals surface area contributed by atoms with Crippen molar-refractivity contribution in [3.63, 3.8) is 0 Å². The molecular formula is C11H18ClNO. The highest BCUT2D eigenvalue weighted by Gasteiger charge is 2.28. The van der Waals surface area contributed by atoms with Gasteiger partial charge in [-0.3, -0.25) is 4.79 Å². The first-order valence-corrected chi connectivity index (χ1v) is 6.13. The lowest BCUT2D eigenvalue weighted by Crippen LogP contribution is -2.42. The van der Waals surface area contributed by atoms with Crippen LogP contribution in [0, 0.1) is 5.92 Å². The molecule has 2 nitrogen and oxygen atoms in total. The molecule has 0 aromatic rings. The van der Waals surface area contributed by atoms with E-state index in [9.17, 15) is 4.79 Å². The van der Waals surface area contributed by atoms with Gasteiger partial charge in [0.15, 0.2) is 0 Å². The number of rotatable bonds is 3. The van der Waals surface area contributed by atoms with Crippen LogP contribution >= 0.6 is 11.6 Å². The summed E-state index contributed by atoms with van der Waals surface area (Å²) in [7, 11) is 0. The molecule has 2 rings (SSSR count). The Bertz CT molecular complexity index is 215. The zero-order chi connectivity index (χ0) is 9.97. The van der Waals surface area contributed by atoms with Gasteiger partial charge >= 0.3 is 0 Å². The Hall–Kier alpha value is -0.240. The minimum Gasteiger partial charge on any atom is -0.352 e. The van der Waals surface area contributed by atoms with E-state index in [1.54, 1.807) is 0 Å². The number of halogens is 1. The van der Waals surface area contributed by atoms with Crippen molar-refractivity contribution in [1.82, 2.24) is 5.32 Å². The van der Waals surface area contributed by atoms with Crippen LogP contribution in [-0.2, 0) is 4.79 Å². The lowest BCUT2D eigenvalue weighted by atomic mass is 9.95. The minimum atomic E-state index is 0.159. The molecule has 1 amide bonds. The fraction of sp³-hybridized carbons (Fsp3) is 0.909.